The number of aromatic nitrogens is 2. The molecule has 0 spiro atoms. The third-order valence-corrected chi connectivity index (χ3v) is 4.60. The smallest absolute Gasteiger partial charge is 0.274 e. The van der Waals surface area contributed by atoms with Crippen molar-refractivity contribution in [1.29, 1.82) is 0 Å². The van der Waals surface area contributed by atoms with E-state index in [2.05, 4.69) is 35.2 Å². The Hall–Kier alpha value is -2.43. The van der Waals surface area contributed by atoms with Gasteiger partial charge in [-0.15, -0.1) is 0 Å². The van der Waals surface area contributed by atoms with E-state index in [0.29, 0.717) is 17.4 Å². The molecule has 1 aromatic carbocycles. The average Bonchev–Trinajstić information content (AvgIpc) is 2.63. The van der Waals surface area contributed by atoms with Crippen molar-refractivity contribution in [2.24, 2.45) is 5.92 Å². The highest BCUT2D eigenvalue weighted by atomic mass is 16.2. The summed E-state index contributed by atoms with van der Waals surface area (Å²) in [6, 6.07) is 8.13. The van der Waals surface area contributed by atoms with E-state index in [1.807, 2.05) is 23.1 Å². The lowest BCUT2D eigenvalue weighted by molar-refractivity contribution is 0.0691. The summed E-state index contributed by atoms with van der Waals surface area (Å²) < 4.78 is 0. The highest BCUT2D eigenvalue weighted by Crippen LogP contribution is 2.20. The lowest BCUT2D eigenvalue weighted by Gasteiger charge is -2.29. The van der Waals surface area contributed by atoms with Crippen LogP contribution in [0, 0.1) is 5.92 Å². The molecule has 1 aliphatic rings. The first-order valence-corrected chi connectivity index (χ1v) is 8.63. The molecule has 0 saturated carbocycles. The molecule has 3 rings (SSSR count). The molecule has 1 amide bonds. The Morgan fingerprint density at radius 3 is 2.62 bits per heavy atom. The number of hydrogen-bond donors (Lipinski definition) is 1. The fourth-order valence-electron chi connectivity index (χ4n) is 2.97. The predicted octanol–water partition coefficient (Wildman–Crippen LogP) is 3.65. The van der Waals surface area contributed by atoms with Crippen LogP contribution >= 0.6 is 0 Å². The zero-order chi connectivity index (χ0) is 16.9. The van der Waals surface area contributed by atoms with Crippen molar-refractivity contribution in [2.45, 2.75) is 33.1 Å². The van der Waals surface area contributed by atoms with Crippen molar-refractivity contribution >= 4 is 17.4 Å². The number of anilines is 2. The molecule has 24 heavy (non-hydrogen) atoms. The summed E-state index contributed by atoms with van der Waals surface area (Å²) in [5.74, 6) is 1.33. The van der Waals surface area contributed by atoms with Gasteiger partial charge in [0.1, 0.15) is 11.5 Å². The van der Waals surface area contributed by atoms with Crippen LogP contribution in [0.4, 0.5) is 11.5 Å². The topological polar surface area (TPSA) is 58.1 Å². The van der Waals surface area contributed by atoms with Crippen molar-refractivity contribution in [3.63, 3.8) is 0 Å². The van der Waals surface area contributed by atoms with Crippen molar-refractivity contribution in [1.82, 2.24) is 14.9 Å². The molecule has 0 unspecified atom stereocenters. The van der Waals surface area contributed by atoms with Crippen LogP contribution in [-0.2, 0) is 6.42 Å². The first kappa shape index (κ1) is 16.4. The molecule has 0 atom stereocenters. The van der Waals surface area contributed by atoms with Gasteiger partial charge in [-0.05, 0) is 36.8 Å². The van der Waals surface area contributed by atoms with E-state index in [9.17, 15) is 4.79 Å². The number of piperidine rings is 1. The quantitative estimate of drug-likeness (QED) is 0.932. The Bertz CT molecular complexity index is 691. The molecular weight excluding hydrogens is 300 g/mol. The standard InChI is InChI=1S/C19H24N4O/c1-3-15-6-4-5-7-16(15)22-18-13-20-17(12-21-18)19(24)23-10-8-14(2)9-11-23/h4-7,12-14H,3,8-11H2,1-2H3,(H,21,22). The van der Waals surface area contributed by atoms with Crippen molar-refractivity contribution in [2.75, 3.05) is 18.4 Å². The number of carbonyl (C=O) groups excluding carboxylic acids is 1. The van der Waals surface area contributed by atoms with Crippen LogP contribution in [0.15, 0.2) is 36.7 Å². The fourth-order valence-corrected chi connectivity index (χ4v) is 2.97. The zero-order valence-corrected chi connectivity index (χ0v) is 14.3. The number of para-hydroxylation sites is 1. The Balaban J connectivity index is 1.68. The van der Waals surface area contributed by atoms with E-state index in [-0.39, 0.29) is 5.91 Å². The second-order valence-corrected chi connectivity index (χ2v) is 6.40. The normalized spacial score (nSPS) is 15.3. The van der Waals surface area contributed by atoms with Gasteiger partial charge in [-0.1, -0.05) is 32.0 Å². The van der Waals surface area contributed by atoms with Gasteiger partial charge >= 0.3 is 0 Å². The van der Waals surface area contributed by atoms with Crippen LogP contribution in [0.3, 0.4) is 0 Å². The summed E-state index contributed by atoms with van der Waals surface area (Å²) in [6.07, 6.45) is 6.27. The SMILES string of the molecule is CCc1ccccc1Nc1cnc(C(=O)N2CCC(C)CC2)cn1. The van der Waals surface area contributed by atoms with Gasteiger partial charge in [0, 0.05) is 18.8 Å². The molecular formula is C19H24N4O. The summed E-state index contributed by atoms with van der Waals surface area (Å²) in [7, 11) is 0. The molecule has 0 radical (unpaired) electrons. The first-order valence-electron chi connectivity index (χ1n) is 8.63. The maximum atomic E-state index is 12.5. The van der Waals surface area contributed by atoms with Crippen LogP contribution in [-0.4, -0.2) is 33.9 Å². The van der Waals surface area contributed by atoms with E-state index in [1.54, 1.807) is 12.4 Å². The second-order valence-electron chi connectivity index (χ2n) is 6.40. The van der Waals surface area contributed by atoms with Gasteiger partial charge in [0.2, 0.25) is 0 Å². The van der Waals surface area contributed by atoms with Crippen molar-refractivity contribution < 1.29 is 4.79 Å². The Kier molecular flexibility index (Phi) is 5.08. The van der Waals surface area contributed by atoms with Gasteiger partial charge in [-0.3, -0.25) is 4.79 Å². The Morgan fingerprint density at radius 1 is 1.21 bits per heavy atom. The van der Waals surface area contributed by atoms with Gasteiger partial charge in [-0.2, -0.15) is 0 Å². The van der Waals surface area contributed by atoms with Crippen LogP contribution in [0.25, 0.3) is 0 Å². The second kappa shape index (κ2) is 7.43. The first-order chi connectivity index (χ1) is 11.7. The molecule has 1 saturated heterocycles. The molecule has 0 aliphatic carbocycles. The molecule has 1 aliphatic heterocycles. The van der Waals surface area contributed by atoms with E-state index in [4.69, 9.17) is 0 Å². The molecule has 2 aromatic rings. The molecule has 0 bridgehead atoms. The summed E-state index contributed by atoms with van der Waals surface area (Å²) in [6.45, 7) is 5.97. The van der Waals surface area contributed by atoms with Gasteiger partial charge < -0.3 is 10.2 Å². The third-order valence-electron chi connectivity index (χ3n) is 4.60. The summed E-state index contributed by atoms with van der Waals surface area (Å²) in [5.41, 5.74) is 2.67. The van der Waals surface area contributed by atoms with Gasteiger partial charge in [0.15, 0.2) is 0 Å². The number of nitrogens with zero attached hydrogens (tertiary/aromatic N) is 3. The van der Waals surface area contributed by atoms with Gasteiger partial charge in [0.25, 0.3) is 5.91 Å². The number of likely N-dealkylation sites (tertiary alicyclic amines) is 1. The zero-order valence-electron chi connectivity index (χ0n) is 14.3. The van der Waals surface area contributed by atoms with Crippen LogP contribution in [0.2, 0.25) is 0 Å². The van der Waals surface area contributed by atoms with Crippen LogP contribution in [0.1, 0.15) is 42.7 Å². The fraction of sp³-hybridized carbons (Fsp3) is 0.421. The molecule has 2 heterocycles. The van der Waals surface area contributed by atoms with Gasteiger partial charge in [-0.25, -0.2) is 9.97 Å². The highest BCUT2D eigenvalue weighted by molar-refractivity contribution is 5.92. The number of carbonyl (C=O) groups is 1. The van der Waals surface area contributed by atoms with E-state index in [1.165, 1.54) is 5.56 Å². The number of rotatable bonds is 4. The van der Waals surface area contributed by atoms with Crippen molar-refractivity contribution in [3.05, 3.63) is 47.9 Å². The molecule has 1 fully saturated rings. The Morgan fingerprint density at radius 2 is 1.96 bits per heavy atom. The minimum Gasteiger partial charge on any atom is -0.339 e. The lowest BCUT2D eigenvalue weighted by Crippen LogP contribution is -2.38. The van der Waals surface area contributed by atoms with E-state index >= 15 is 0 Å². The summed E-state index contributed by atoms with van der Waals surface area (Å²) in [5, 5.41) is 3.28. The number of nitrogens with one attached hydrogen (secondary N) is 1. The molecule has 1 N–H and O–H groups in total. The largest absolute Gasteiger partial charge is 0.339 e. The van der Waals surface area contributed by atoms with Crippen LogP contribution < -0.4 is 5.32 Å². The number of benzene rings is 1. The Labute approximate surface area is 143 Å². The molecule has 1 aromatic heterocycles. The molecule has 126 valence electrons. The lowest BCUT2D eigenvalue weighted by atomic mass is 9.99. The highest BCUT2D eigenvalue weighted by Gasteiger charge is 2.22. The predicted molar refractivity (Wildman–Crippen MR) is 95.4 cm³/mol. The average molecular weight is 324 g/mol. The molecule has 5 nitrogen and oxygen atoms in total. The molecule has 5 heteroatoms. The summed E-state index contributed by atoms with van der Waals surface area (Å²) in [4.78, 5) is 23.0. The maximum Gasteiger partial charge on any atom is 0.274 e. The number of hydrogen-bond acceptors (Lipinski definition) is 4. The monoisotopic (exact) mass is 324 g/mol. The maximum absolute atomic E-state index is 12.5. The third kappa shape index (κ3) is 3.72. The van der Waals surface area contributed by atoms with Crippen LogP contribution in [0.5, 0.6) is 0 Å². The van der Waals surface area contributed by atoms with Gasteiger partial charge in [0.05, 0.1) is 12.4 Å². The minimum atomic E-state index is -0.0186. The summed E-state index contributed by atoms with van der Waals surface area (Å²) >= 11 is 0. The van der Waals surface area contributed by atoms with Crippen molar-refractivity contribution in [3.8, 4) is 0 Å². The number of aryl methyl sites for hydroxylation is 1. The van der Waals surface area contributed by atoms with E-state index in [0.717, 1.165) is 38.0 Å². The minimum absolute atomic E-state index is 0.0186. The number of amides is 1. The van der Waals surface area contributed by atoms with E-state index < -0.39 is 0 Å².